The maximum absolute atomic E-state index is 14.2. The second-order valence-corrected chi connectivity index (χ2v) is 7.49. The maximum Gasteiger partial charge on any atom is 0.322 e. The highest BCUT2D eigenvalue weighted by molar-refractivity contribution is 6.31. The number of pyridine rings is 1. The van der Waals surface area contributed by atoms with Crippen LogP contribution in [-0.2, 0) is 6.61 Å². The molecule has 2 aromatic carbocycles. The van der Waals surface area contributed by atoms with Gasteiger partial charge in [0.25, 0.3) is 0 Å². The molecule has 2 heterocycles. The second-order valence-electron chi connectivity index (χ2n) is 7.09. The van der Waals surface area contributed by atoms with Crippen molar-refractivity contribution in [3.8, 4) is 5.88 Å². The van der Waals surface area contributed by atoms with E-state index < -0.39 is 11.8 Å². The number of halogens is 2. The molecule has 0 radical (unpaired) electrons. The summed E-state index contributed by atoms with van der Waals surface area (Å²) in [5, 5.41) is 10.8. The summed E-state index contributed by atoms with van der Waals surface area (Å²) in [6, 6.07) is 11.2. The van der Waals surface area contributed by atoms with E-state index in [2.05, 4.69) is 25.5 Å². The molecule has 2 amide bonds. The van der Waals surface area contributed by atoms with Crippen LogP contribution >= 0.6 is 11.6 Å². The molecule has 4 aromatic rings. The Morgan fingerprint density at radius 1 is 1.22 bits per heavy atom. The first kappa shape index (κ1) is 21.5. The lowest BCUT2D eigenvalue weighted by molar-refractivity contribution is 0.208. The van der Waals surface area contributed by atoms with Crippen LogP contribution in [0.5, 0.6) is 5.88 Å². The number of carbonyl (C=O) groups excluding carboxylic acids is 1. The fourth-order valence-corrected chi connectivity index (χ4v) is 3.44. The number of fused-ring (bicyclic) bond motifs is 1. The molecule has 0 aliphatic heterocycles. The van der Waals surface area contributed by atoms with Crippen molar-refractivity contribution in [2.75, 3.05) is 12.4 Å². The Morgan fingerprint density at radius 2 is 2.00 bits per heavy atom. The van der Waals surface area contributed by atoms with E-state index in [9.17, 15) is 9.18 Å². The van der Waals surface area contributed by atoms with E-state index in [0.29, 0.717) is 11.7 Å². The average molecular weight is 455 g/mol. The molecule has 0 saturated heterocycles. The van der Waals surface area contributed by atoms with E-state index in [1.165, 1.54) is 23.4 Å². The normalized spacial score (nSPS) is 11.9. The molecular weight excluding hydrogens is 435 g/mol. The van der Waals surface area contributed by atoms with Gasteiger partial charge in [0.15, 0.2) is 18.2 Å². The topological polar surface area (TPSA) is 96.0 Å². The van der Waals surface area contributed by atoms with Gasteiger partial charge in [-0.2, -0.15) is 5.10 Å². The summed E-state index contributed by atoms with van der Waals surface area (Å²) >= 11 is 5.80. The van der Waals surface area contributed by atoms with Crippen molar-refractivity contribution in [2.24, 2.45) is 0 Å². The van der Waals surface area contributed by atoms with Gasteiger partial charge in [0.1, 0.15) is 6.33 Å². The lowest BCUT2D eigenvalue weighted by atomic mass is 10.0. The fraction of sp³-hybridized carbons (Fsp3) is 0.182. The number of rotatable bonds is 6. The average Bonchev–Trinajstić information content (AvgIpc) is 3.33. The van der Waals surface area contributed by atoms with Gasteiger partial charge in [0.05, 0.1) is 16.8 Å². The third kappa shape index (κ3) is 4.33. The van der Waals surface area contributed by atoms with Crippen LogP contribution in [0.15, 0.2) is 55.0 Å². The Bertz CT molecular complexity index is 1250. The fourth-order valence-electron chi connectivity index (χ4n) is 3.26. The number of H-pyrrole nitrogens is 1. The first-order valence-corrected chi connectivity index (χ1v) is 10.2. The van der Waals surface area contributed by atoms with Crippen LogP contribution in [0.3, 0.4) is 0 Å². The minimum atomic E-state index is -0.677. The molecule has 164 valence electrons. The molecule has 0 unspecified atom stereocenters. The highest BCUT2D eigenvalue weighted by atomic mass is 35.5. The highest BCUT2D eigenvalue weighted by Gasteiger charge is 2.22. The number of carbonyl (C=O) groups is 1. The minimum absolute atomic E-state index is 0.0141. The molecule has 0 spiro atoms. The van der Waals surface area contributed by atoms with E-state index in [-0.39, 0.29) is 23.4 Å². The van der Waals surface area contributed by atoms with Crippen molar-refractivity contribution in [2.45, 2.75) is 19.6 Å². The van der Waals surface area contributed by atoms with Crippen LogP contribution in [0, 0.1) is 5.82 Å². The van der Waals surface area contributed by atoms with Crippen LogP contribution in [0.25, 0.3) is 10.8 Å². The molecule has 1 atom stereocenters. The van der Waals surface area contributed by atoms with Gasteiger partial charge in [-0.15, -0.1) is 0 Å². The standard InChI is InChI=1S/C22H20ClFN6O2/c1-13(30(2)22(31)28-18-9-5-8-17(23)20(18)24)16-10-25-21(15-7-4-3-6-14(15)16)32-11-19-26-12-27-29-19/h3-10,12-13H,11H2,1-2H3,(H,28,31)(H,26,27,29)/t13-/m1/s1. The summed E-state index contributed by atoms with van der Waals surface area (Å²) in [5.74, 6) is 0.274. The Morgan fingerprint density at radius 3 is 2.75 bits per heavy atom. The summed E-state index contributed by atoms with van der Waals surface area (Å²) < 4.78 is 20.0. The van der Waals surface area contributed by atoms with Gasteiger partial charge >= 0.3 is 6.03 Å². The Labute approximate surface area is 188 Å². The highest BCUT2D eigenvalue weighted by Crippen LogP contribution is 2.32. The van der Waals surface area contributed by atoms with Crippen LogP contribution < -0.4 is 10.1 Å². The summed E-state index contributed by atoms with van der Waals surface area (Å²) in [5.41, 5.74) is 0.829. The minimum Gasteiger partial charge on any atom is -0.469 e. The number of benzene rings is 2. The van der Waals surface area contributed by atoms with Crippen LogP contribution in [0.2, 0.25) is 5.02 Å². The van der Waals surface area contributed by atoms with E-state index in [1.54, 1.807) is 19.3 Å². The van der Waals surface area contributed by atoms with E-state index >= 15 is 0 Å². The van der Waals surface area contributed by atoms with Crippen molar-refractivity contribution in [3.63, 3.8) is 0 Å². The molecule has 2 aromatic heterocycles. The predicted molar refractivity (Wildman–Crippen MR) is 119 cm³/mol. The number of nitrogens with one attached hydrogen (secondary N) is 2. The zero-order valence-corrected chi connectivity index (χ0v) is 18.1. The molecule has 0 fully saturated rings. The maximum atomic E-state index is 14.2. The first-order valence-electron chi connectivity index (χ1n) is 9.78. The molecule has 32 heavy (non-hydrogen) atoms. The number of aromatic amines is 1. The molecule has 2 N–H and O–H groups in total. The zero-order chi connectivity index (χ0) is 22.7. The monoisotopic (exact) mass is 454 g/mol. The van der Waals surface area contributed by atoms with Crippen molar-refractivity contribution >= 4 is 34.1 Å². The van der Waals surface area contributed by atoms with Crippen LogP contribution in [0.4, 0.5) is 14.9 Å². The lowest BCUT2D eigenvalue weighted by Crippen LogP contribution is -2.34. The van der Waals surface area contributed by atoms with Gasteiger partial charge in [0, 0.05) is 24.2 Å². The number of nitrogens with zero attached hydrogens (tertiary/aromatic N) is 4. The SMILES string of the molecule is C[C@H](c1cnc(OCc2nc[nH]n2)c2ccccc12)N(C)C(=O)Nc1cccc(Cl)c1F. The third-order valence-corrected chi connectivity index (χ3v) is 5.43. The predicted octanol–water partition coefficient (Wildman–Crippen LogP) is 4.95. The van der Waals surface area contributed by atoms with Gasteiger partial charge in [0.2, 0.25) is 5.88 Å². The number of aromatic nitrogens is 4. The Balaban J connectivity index is 1.57. The van der Waals surface area contributed by atoms with E-state index in [0.717, 1.165) is 16.3 Å². The van der Waals surface area contributed by atoms with Gasteiger partial charge in [-0.3, -0.25) is 5.10 Å². The molecule has 10 heteroatoms. The largest absolute Gasteiger partial charge is 0.469 e. The number of hydrogen-bond donors (Lipinski definition) is 2. The van der Waals surface area contributed by atoms with Gasteiger partial charge < -0.3 is 15.0 Å². The van der Waals surface area contributed by atoms with Crippen LogP contribution in [0.1, 0.15) is 24.4 Å². The molecule has 0 aliphatic rings. The molecule has 8 nitrogen and oxygen atoms in total. The van der Waals surface area contributed by atoms with E-state index in [1.807, 2.05) is 31.2 Å². The van der Waals surface area contributed by atoms with Crippen LogP contribution in [-0.4, -0.2) is 38.1 Å². The number of amides is 2. The molecule has 4 rings (SSSR count). The number of urea groups is 1. The summed E-state index contributed by atoms with van der Waals surface area (Å²) in [6.45, 7) is 2.04. The van der Waals surface area contributed by atoms with E-state index in [4.69, 9.17) is 16.3 Å². The van der Waals surface area contributed by atoms with Crippen molar-refractivity contribution in [1.29, 1.82) is 0 Å². The smallest absolute Gasteiger partial charge is 0.322 e. The Hall–Kier alpha value is -3.72. The van der Waals surface area contributed by atoms with Gasteiger partial charge in [-0.25, -0.2) is 19.2 Å². The van der Waals surface area contributed by atoms with Gasteiger partial charge in [-0.1, -0.05) is 35.9 Å². The molecule has 0 aliphatic carbocycles. The second kappa shape index (κ2) is 9.19. The number of hydrogen-bond acceptors (Lipinski definition) is 5. The third-order valence-electron chi connectivity index (χ3n) is 5.14. The van der Waals surface area contributed by atoms with Crippen molar-refractivity contribution in [1.82, 2.24) is 25.1 Å². The zero-order valence-electron chi connectivity index (χ0n) is 17.3. The summed E-state index contributed by atoms with van der Waals surface area (Å²) in [4.78, 5) is 22.7. The molecule has 0 saturated carbocycles. The quantitative estimate of drug-likeness (QED) is 0.429. The Kier molecular flexibility index (Phi) is 6.18. The molecular formula is C22H20ClFN6O2. The summed E-state index contributed by atoms with van der Waals surface area (Å²) in [7, 11) is 1.63. The van der Waals surface area contributed by atoms with Crippen molar-refractivity contribution in [3.05, 3.63) is 77.2 Å². The van der Waals surface area contributed by atoms with Gasteiger partial charge in [-0.05, 0) is 30.5 Å². The molecule has 0 bridgehead atoms. The first-order chi connectivity index (χ1) is 15.5. The lowest BCUT2D eigenvalue weighted by Gasteiger charge is -2.26. The van der Waals surface area contributed by atoms with Crippen molar-refractivity contribution < 1.29 is 13.9 Å². The number of anilines is 1. The number of ether oxygens (including phenoxy) is 1. The summed E-state index contributed by atoms with van der Waals surface area (Å²) in [6.07, 6.45) is 3.15.